The van der Waals surface area contributed by atoms with Gasteiger partial charge in [-0.25, -0.2) is 0 Å². The zero-order valence-electron chi connectivity index (χ0n) is 9.29. The SMILES string of the molecule is CCOc1c(-c2nc(I)no2)cccc1[N+](=O)[O-]. The summed E-state index contributed by atoms with van der Waals surface area (Å²) in [5, 5.41) is 14.6. The molecule has 18 heavy (non-hydrogen) atoms. The number of hydrogen-bond acceptors (Lipinski definition) is 6. The van der Waals surface area contributed by atoms with Gasteiger partial charge in [0.25, 0.3) is 5.89 Å². The number of halogens is 1. The number of ether oxygens (including phenoxy) is 1. The normalized spacial score (nSPS) is 10.3. The van der Waals surface area contributed by atoms with Crippen molar-refractivity contribution in [3.05, 3.63) is 32.1 Å². The Kier molecular flexibility index (Phi) is 3.75. The summed E-state index contributed by atoms with van der Waals surface area (Å²) in [7, 11) is 0. The summed E-state index contributed by atoms with van der Waals surface area (Å²) in [6.45, 7) is 2.06. The van der Waals surface area contributed by atoms with E-state index in [-0.39, 0.29) is 17.3 Å². The Hall–Kier alpha value is -1.71. The molecule has 0 saturated carbocycles. The van der Waals surface area contributed by atoms with Crippen molar-refractivity contribution in [2.24, 2.45) is 0 Å². The van der Waals surface area contributed by atoms with Crippen LogP contribution in [-0.2, 0) is 0 Å². The Labute approximate surface area is 115 Å². The summed E-state index contributed by atoms with van der Waals surface area (Å²) in [6, 6.07) is 4.56. The summed E-state index contributed by atoms with van der Waals surface area (Å²) in [5.74, 6) is 0.344. The van der Waals surface area contributed by atoms with Gasteiger partial charge >= 0.3 is 5.69 Å². The summed E-state index contributed by atoms with van der Waals surface area (Å²) in [6.07, 6.45) is 0. The molecule has 8 heteroatoms. The summed E-state index contributed by atoms with van der Waals surface area (Å²) < 4.78 is 10.7. The number of nitro benzene ring substituents is 1. The van der Waals surface area contributed by atoms with Gasteiger partial charge in [-0.05, 0) is 13.0 Å². The van der Waals surface area contributed by atoms with Crippen LogP contribution in [0.1, 0.15) is 6.92 Å². The maximum Gasteiger partial charge on any atom is 0.311 e. The van der Waals surface area contributed by atoms with Crippen molar-refractivity contribution in [3.8, 4) is 17.2 Å². The largest absolute Gasteiger partial charge is 0.487 e. The number of nitro groups is 1. The lowest BCUT2D eigenvalue weighted by Crippen LogP contribution is -1.99. The molecule has 0 aliphatic carbocycles. The molecule has 0 fully saturated rings. The smallest absolute Gasteiger partial charge is 0.311 e. The van der Waals surface area contributed by atoms with Crippen molar-refractivity contribution in [1.82, 2.24) is 10.1 Å². The molecular formula is C10H8IN3O4. The Bertz CT molecular complexity index is 584. The third-order valence-corrected chi connectivity index (χ3v) is 2.55. The van der Waals surface area contributed by atoms with Crippen LogP contribution in [0, 0.1) is 13.9 Å². The number of aromatic nitrogens is 2. The van der Waals surface area contributed by atoms with E-state index in [4.69, 9.17) is 9.26 Å². The molecule has 1 aromatic heterocycles. The quantitative estimate of drug-likeness (QED) is 0.472. The van der Waals surface area contributed by atoms with Gasteiger partial charge in [0.15, 0.2) is 0 Å². The zero-order valence-corrected chi connectivity index (χ0v) is 11.4. The zero-order chi connectivity index (χ0) is 13.1. The summed E-state index contributed by atoms with van der Waals surface area (Å²) in [4.78, 5) is 14.5. The van der Waals surface area contributed by atoms with Crippen LogP contribution in [-0.4, -0.2) is 21.7 Å². The molecule has 2 rings (SSSR count). The first-order valence-electron chi connectivity index (χ1n) is 5.03. The van der Waals surface area contributed by atoms with E-state index in [1.54, 1.807) is 19.1 Å². The van der Waals surface area contributed by atoms with Crippen LogP contribution in [0.4, 0.5) is 5.69 Å². The maximum atomic E-state index is 10.9. The first kappa shape index (κ1) is 12.7. The topological polar surface area (TPSA) is 91.3 Å². The van der Waals surface area contributed by atoms with Crippen LogP contribution >= 0.6 is 22.6 Å². The lowest BCUT2D eigenvalue weighted by atomic mass is 10.1. The van der Waals surface area contributed by atoms with Crippen LogP contribution in [0.2, 0.25) is 0 Å². The Morgan fingerprint density at radius 2 is 2.33 bits per heavy atom. The number of benzene rings is 1. The molecule has 0 saturated heterocycles. The second kappa shape index (κ2) is 5.29. The fourth-order valence-electron chi connectivity index (χ4n) is 1.45. The Morgan fingerprint density at radius 1 is 1.56 bits per heavy atom. The second-order valence-corrected chi connectivity index (χ2v) is 4.18. The van der Waals surface area contributed by atoms with Crippen molar-refractivity contribution < 1.29 is 14.2 Å². The van der Waals surface area contributed by atoms with Gasteiger partial charge in [0.2, 0.25) is 9.58 Å². The number of nitrogens with zero attached hydrogens (tertiary/aromatic N) is 3. The average Bonchev–Trinajstić information content (AvgIpc) is 2.76. The highest BCUT2D eigenvalue weighted by Gasteiger charge is 2.22. The molecule has 0 N–H and O–H groups in total. The van der Waals surface area contributed by atoms with Crippen molar-refractivity contribution in [1.29, 1.82) is 0 Å². The van der Waals surface area contributed by atoms with E-state index in [1.165, 1.54) is 6.07 Å². The van der Waals surface area contributed by atoms with Gasteiger partial charge in [-0.2, -0.15) is 4.98 Å². The number of hydrogen-bond donors (Lipinski definition) is 0. The van der Waals surface area contributed by atoms with E-state index in [0.717, 1.165) is 0 Å². The van der Waals surface area contributed by atoms with Crippen molar-refractivity contribution >= 4 is 28.3 Å². The molecule has 0 aliphatic heterocycles. The van der Waals surface area contributed by atoms with E-state index in [0.29, 0.717) is 16.0 Å². The monoisotopic (exact) mass is 361 g/mol. The highest BCUT2D eigenvalue weighted by molar-refractivity contribution is 14.1. The minimum absolute atomic E-state index is 0.123. The third kappa shape index (κ3) is 2.42. The molecule has 0 spiro atoms. The van der Waals surface area contributed by atoms with Gasteiger partial charge in [0.1, 0.15) is 0 Å². The molecule has 0 amide bonds. The van der Waals surface area contributed by atoms with Gasteiger partial charge in [-0.3, -0.25) is 10.1 Å². The summed E-state index contributed by atoms with van der Waals surface area (Å²) in [5.41, 5.74) is 0.295. The molecular weight excluding hydrogens is 353 g/mol. The van der Waals surface area contributed by atoms with Gasteiger partial charge in [-0.15, -0.1) is 0 Å². The van der Waals surface area contributed by atoms with Crippen LogP contribution in [0.25, 0.3) is 11.5 Å². The third-order valence-electron chi connectivity index (χ3n) is 2.11. The van der Waals surface area contributed by atoms with Crippen LogP contribution in [0.3, 0.4) is 0 Å². The molecule has 7 nitrogen and oxygen atoms in total. The van der Waals surface area contributed by atoms with E-state index >= 15 is 0 Å². The molecule has 2 aromatic rings. The first-order chi connectivity index (χ1) is 8.63. The Morgan fingerprint density at radius 3 is 2.89 bits per heavy atom. The molecule has 0 bridgehead atoms. The molecule has 0 atom stereocenters. The fourth-order valence-corrected chi connectivity index (χ4v) is 1.77. The van der Waals surface area contributed by atoms with E-state index in [2.05, 4.69) is 10.1 Å². The van der Waals surface area contributed by atoms with E-state index in [9.17, 15) is 10.1 Å². The average molecular weight is 361 g/mol. The predicted molar refractivity (Wildman–Crippen MR) is 70.3 cm³/mol. The second-order valence-electron chi connectivity index (χ2n) is 3.21. The minimum Gasteiger partial charge on any atom is -0.487 e. The maximum absolute atomic E-state index is 10.9. The standard InChI is InChI=1S/C10H8IN3O4/c1-2-17-8-6(9-12-10(11)13-18-9)4-3-5-7(8)14(15)16/h3-5H,2H2,1H3. The van der Waals surface area contributed by atoms with Crippen molar-refractivity contribution in [2.75, 3.05) is 6.61 Å². The molecule has 0 aliphatic rings. The lowest BCUT2D eigenvalue weighted by Gasteiger charge is -2.07. The van der Waals surface area contributed by atoms with Gasteiger partial charge in [0, 0.05) is 28.7 Å². The first-order valence-corrected chi connectivity index (χ1v) is 6.11. The molecule has 1 aromatic carbocycles. The minimum atomic E-state index is -0.504. The van der Waals surface area contributed by atoms with Crippen LogP contribution in [0.15, 0.2) is 22.7 Å². The van der Waals surface area contributed by atoms with Gasteiger partial charge < -0.3 is 9.26 Å². The highest BCUT2D eigenvalue weighted by Crippen LogP contribution is 2.37. The molecule has 0 unspecified atom stereocenters. The van der Waals surface area contributed by atoms with Crippen LogP contribution < -0.4 is 4.74 Å². The lowest BCUT2D eigenvalue weighted by molar-refractivity contribution is -0.385. The predicted octanol–water partition coefficient (Wildman–Crippen LogP) is 2.65. The number of para-hydroxylation sites is 1. The number of rotatable bonds is 4. The Balaban J connectivity index is 2.59. The molecule has 1 heterocycles. The van der Waals surface area contributed by atoms with Gasteiger partial charge in [0.05, 0.1) is 17.1 Å². The fraction of sp³-hybridized carbons (Fsp3) is 0.200. The molecule has 0 radical (unpaired) electrons. The van der Waals surface area contributed by atoms with Crippen molar-refractivity contribution in [3.63, 3.8) is 0 Å². The molecule has 94 valence electrons. The van der Waals surface area contributed by atoms with Gasteiger partial charge in [-0.1, -0.05) is 11.2 Å². The van der Waals surface area contributed by atoms with Crippen LogP contribution in [0.5, 0.6) is 5.75 Å². The van der Waals surface area contributed by atoms with E-state index < -0.39 is 4.92 Å². The summed E-state index contributed by atoms with van der Waals surface area (Å²) >= 11 is 1.89. The van der Waals surface area contributed by atoms with E-state index in [1.807, 2.05) is 22.6 Å². The van der Waals surface area contributed by atoms with Crippen molar-refractivity contribution in [2.45, 2.75) is 6.92 Å². The highest BCUT2D eigenvalue weighted by atomic mass is 127.